The van der Waals surface area contributed by atoms with Gasteiger partial charge in [-0.25, -0.2) is 4.39 Å². The van der Waals surface area contributed by atoms with E-state index in [4.69, 9.17) is 6.42 Å². The number of nitrogens with one attached hydrogen (secondary N) is 1. The molecule has 2 unspecified atom stereocenters. The highest BCUT2D eigenvalue weighted by molar-refractivity contribution is 5.76. The van der Waals surface area contributed by atoms with Crippen molar-refractivity contribution in [3.05, 3.63) is 0 Å². The third-order valence-corrected chi connectivity index (χ3v) is 2.23. The highest BCUT2D eigenvalue weighted by Gasteiger charge is 2.24. The standard InChI is InChI=1S/C10H14FNO/c1-2-3-4-10(13)12-9-6-5-8(11)7-9/h1,8-9H,3-7H2,(H,12,13). The lowest BCUT2D eigenvalue weighted by atomic mass is 10.2. The summed E-state index contributed by atoms with van der Waals surface area (Å²) >= 11 is 0. The van der Waals surface area contributed by atoms with Crippen molar-refractivity contribution in [1.82, 2.24) is 5.32 Å². The van der Waals surface area contributed by atoms with Crippen LogP contribution >= 0.6 is 0 Å². The van der Waals surface area contributed by atoms with Gasteiger partial charge in [-0.2, -0.15) is 0 Å². The van der Waals surface area contributed by atoms with Crippen molar-refractivity contribution in [3.63, 3.8) is 0 Å². The molecular formula is C10H14FNO. The maximum Gasteiger partial charge on any atom is 0.221 e. The van der Waals surface area contributed by atoms with E-state index in [0.29, 0.717) is 25.7 Å². The molecule has 0 saturated heterocycles. The highest BCUT2D eigenvalue weighted by Crippen LogP contribution is 2.21. The van der Waals surface area contributed by atoms with E-state index >= 15 is 0 Å². The minimum atomic E-state index is -0.738. The Kier molecular flexibility index (Phi) is 3.75. The molecule has 1 aliphatic rings. The Morgan fingerprint density at radius 3 is 2.92 bits per heavy atom. The second-order valence-corrected chi connectivity index (χ2v) is 3.38. The van der Waals surface area contributed by atoms with Crippen LogP contribution in [0.5, 0.6) is 0 Å². The third-order valence-electron chi connectivity index (χ3n) is 2.23. The lowest BCUT2D eigenvalue weighted by molar-refractivity contribution is -0.121. The van der Waals surface area contributed by atoms with Crippen LogP contribution in [0.3, 0.4) is 0 Å². The van der Waals surface area contributed by atoms with Crippen molar-refractivity contribution in [2.24, 2.45) is 0 Å². The predicted molar refractivity (Wildman–Crippen MR) is 48.7 cm³/mol. The monoisotopic (exact) mass is 183 g/mol. The second-order valence-electron chi connectivity index (χ2n) is 3.38. The van der Waals surface area contributed by atoms with Gasteiger partial charge in [0.05, 0.1) is 0 Å². The Balaban J connectivity index is 2.18. The van der Waals surface area contributed by atoms with E-state index in [9.17, 15) is 9.18 Å². The molecule has 0 bridgehead atoms. The largest absolute Gasteiger partial charge is 0.353 e. The first-order valence-electron chi connectivity index (χ1n) is 4.59. The van der Waals surface area contributed by atoms with Crippen molar-refractivity contribution >= 4 is 5.91 Å². The molecule has 3 heteroatoms. The van der Waals surface area contributed by atoms with Crippen LogP contribution in [0.25, 0.3) is 0 Å². The number of rotatable bonds is 3. The van der Waals surface area contributed by atoms with Crippen molar-refractivity contribution in [2.45, 2.75) is 44.3 Å². The molecule has 1 amide bonds. The van der Waals surface area contributed by atoms with Crippen molar-refractivity contribution in [1.29, 1.82) is 0 Å². The van der Waals surface area contributed by atoms with Gasteiger partial charge in [-0.15, -0.1) is 12.3 Å². The summed E-state index contributed by atoms with van der Waals surface area (Å²) in [6.45, 7) is 0. The lowest BCUT2D eigenvalue weighted by Crippen LogP contribution is -2.32. The molecule has 2 nitrogen and oxygen atoms in total. The van der Waals surface area contributed by atoms with Gasteiger partial charge in [0.15, 0.2) is 0 Å². The summed E-state index contributed by atoms with van der Waals surface area (Å²) in [6.07, 6.45) is 6.87. The molecule has 0 heterocycles. The van der Waals surface area contributed by atoms with E-state index < -0.39 is 6.17 Å². The molecule has 1 aliphatic carbocycles. The van der Waals surface area contributed by atoms with Crippen LogP contribution in [0.1, 0.15) is 32.1 Å². The van der Waals surface area contributed by atoms with Gasteiger partial charge in [-0.05, 0) is 19.3 Å². The minimum absolute atomic E-state index is 0.0280. The summed E-state index contributed by atoms with van der Waals surface area (Å²) in [5.41, 5.74) is 0. The minimum Gasteiger partial charge on any atom is -0.353 e. The second kappa shape index (κ2) is 4.86. The normalized spacial score (nSPS) is 26.8. The molecule has 1 saturated carbocycles. The smallest absolute Gasteiger partial charge is 0.221 e. The molecule has 0 radical (unpaired) electrons. The van der Waals surface area contributed by atoms with Crippen molar-refractivity contribution < 1.29 is 9.18 Å². The van der Waals surface area contributed by atoms with Gasteiger partial charge in [-0.3, -0.25) is 4.79 Å². The lowest BCUT2D eigenvalue weighted by Gasteiger charge is -2.10. The summed E-state index contributed by atoms with van der Waals surface area (Å²) < 4.78 is 12.7. The molecule has 2 atom stereocenters. The van der Waals surface area contributed by atoms with Gasteiger partial charge >= 0.3 is 0 Å². The molecule has 0 aromatic rings. The van der Waals surface area contributed by atoms with E-state index in [1.165, 1.54) is 0 Å². The topological polar surface area (TPSA) is 29.1 Å². The van der Waals surface area contributed by atoms with Gasteiger partial charge in [0.1, 0.15) is 6.17 Å². The zero-order valence-corrected chi connectivity index (χ0v) is 7.55. The maximum atomic E-state index is 12.7. The van der Waals surface area contributed by atoms with Crippen LogP contribution < -0.4 is 5.32 Å². The first-order chi connectivity index (χ1) is 6.22. The number of halogens is 1. The predicted octanol–water partition coefficient (Wildman–Crippen LogP) is 1.41. The molecule has 1 rings (SSSR count). The van der Waals surface area contributed by atoms with E-state index in [0.717, 1.165) is 6.42 Å². The number of alkyl halides is 1. The number of hydrogen-bond donors (Lipinski definition) is 1. The molecule has 13 heavy (non-hydrogen) atoms. The number of hydrogen-bond acceptors (Lipinski definition) is 1. The molecule has 1 N–H and O–H groups in total. The van der Waals surface area contributed by atoms with E-state index in [1.54, 1.807) is 0 Å². The van der Waals surface area contributed by atoms with Crippen LogP contribution in [0.2, 0.25) is 0 Å². The molecule has 0 spiro atoms. The van der Waals surface area contributed by atoms with Crippen LogP contribution in [0.4, 0.5) is 4.39 Å². The van der Waals surface area contributed by atoms with Crippen molar-refractivity contribution in [2.75, 3.05) is 0 Å². The summed E-state index contributed by atoms with van der Waals surface area (Å²) in [5.74, 6) is 2.34. The van der Waals surface area contributed by atoms with Gasteiger partial charge in [0, 0.05) is 18.9 Å². The zero-order valence-electron chi connectivity index (χ0n) is 7.55. The molecule has 1 fully saturated rings. The Labute approximate surface area is 77.9 Å². The number of carbonyl (C=O) groups excluding carboxylic acids is 1. The maximum absolute atomic E-state index is 12.7. The quantitative estimate of drug-likeness (QED) is 0.658. The van der Waals surface area contributed by atoms with Crippen LogP contribution in [0.15, 0.2) is 0 Å². The van der Waals surface area contributed by atoms with E-state index in [-0.39, 0.29) is 11.9 Å². The molecule has 0 aliphatic heterocycles. The zero-order chi connectivity index (χ0) is 9.68. The first-order valence-corrected chi connectivity index (χ1v) is 4.59. The molecule has 0 aromatic carbocycles. The summed E-state index contributed by atoms with van der Waals surface area (Å²) in [7, 11) is 0. The molecular weight excluding hydrogens is 169 g/mol. The molecule has 0 aromatic heterocycles. The number of carbonyl (C=O) groups is 1. The highest BCUT2D eigenvalue weighted by atomic mass is 19.1. The van der Waals surface area contributed by atoms with Gasteiger partial charge in [0.2, 0.25) is 5.91 Å². The third kappa shape index (κ3) is 3.45. The van der Waals surface area contributed by atoms with E-state index in [2.05, 4.69) is 11.2 Å². The SMILES string of the molecule is C#CCCC(=O)NC1CCC(F)C1. The Morgan fingerprint density at radius 1 is 1.62 bits per heavy atom. The Bertz CT molecular complexity index is 221. The first kappa shape index (κ1) is 10.0. The number of amides is 1. The average molecular weight is 183 g/mol. The average Bonchev–Trinajstić information content (AvgIpc) is 2.48. The van der Waals surface area contributed by atoms with Crippen LogP contribution in [-0.4, -0.2) is 18.1 Å². The van der Waals surface area contributed by atoms with Crippen LogP contribution in [0, 0.1) is 12.3 Å². The fourth-order valence-corrected chi connectivity index (χ4v) is 1.54. The van der Waals surface area contributed by atoms with E-state index in [1.807, 2.05) is 0 Å². The Hall–Kier alpha value is -1.04. The van der Waals surface area contributed by atoms with Crippen molar-refractivity contribution in [3.8, 4) is 12.3 Å². The summed E-state index contributed by atoms with van der Waals surface area (Å²) in [5, 5.41) is 2.77. The van der Waals surface area contributed by atoms with Crippen LogP contribution in [-0.2, 0) is 4.79 Å². The fraction of sp³-hybridized carbons (Fsp3) is 0.700. The van der Waals surface area contributed by atoms with Gasteiger partial charge < -0.3 is 5.32 Å². The Morgan fingerprint density at radius 2 is 2.38 bits per heavy atom. The van der Waals surface area contributed by atoms with Gasteiger partial charge in [-0.1, -0.05) is 0 Å². The summed E-state index contributed by atoms with van der Waals surface area (Å²) in [4.78, 5) is 11.1. The molecule has 72 valence electrons. The van der Waals surface area contributed by atoms with Gasteiger partial charge in [0.25, 0.3) is 0 Å². The summed E-state index contributed by atoms with van der Waals surface area (Å²) in [6, 6.07) is 0.0280. The number of terminal acetylenes is 1. The fourth-order valence-electron chi connectivity index (χ4n) is 1.54.